The largest absolute Gasteiger partial charge is 0.397 e. The van der Waals surface area contributed by atoms with Crippen LogP contribution < -0.4 is 0 Å². The van der Waals surface area contributed by atoms with Crippen LogP contribution in [0.1, 0.15) is 97.3 Å². The van der Waals surface area contributed by atoms with Gasteiger partial charge in [0.05, 0.1) is 6.61 Å². The molecule has 0 aliphatic carbocycles. The number of hydrogen-bond acceptors (Lipinski definition) is 3. The Balaban J connectivity index is 3.96. The molecule has 24 heavy (non-hydrogen) atoms. The Labute approximate surface area is 150 Å². The van der Waals surface area contributed by atoms with Crippen LogP contribution >= 0.6 is 0 Å². The van der Waals surface area contributed by atoms with Crippen molar-refractivity contribution in [2.45, 2.75) is 97.3 Å². The van der Waals surface area contributed by atoms with E-state index in [0.717, 1.165) is 25.7 Å². The summed E-state index contributed by atoms with van der Waals surface area (Å²) in [4.78, 5) is 0. The Hall–Kier alpha value is -0.390. The van der Waals surface area contributed by atoms with Gasteiger partial charge < -0.3 is 0 Å². The van der Waals surface area contributed by atoms with Gasteiger partial charge in [-0.3, -0.25) is 4.55 Å². The lowest BCUT2D eigenvalue weighted by atomic mass is 9.99. The maximum absolute atomic E-state index is 10.8. The first-order valence-corrected chi connectivity index (χ1v) is 11.1. The van der Waals surface area contributed by atoms with Crippen LogP contribution in [-0.4, -0.2) is 19.6 Å². The van der Waals surface area contributed by atoms with Gasteiger partial charge >= 0.3 is 10.4 Å². The smallest absolute Gasteiger partial charge is 0.264 e. The zero-order chi connectivity index (χ0) is 18.1. The van der Waals surface area contributed by atoms with Crippen molar-refractivity contribution in [3.63, 3.8) is 0 Å². The van der Waals surface area contributed by atoms with Gasteiger partial charge in [0.15, 0.2) is 0 Å². The van der Waals surface area contributed by atoms with E-state index in [0.29, 0.717) is 0 Å². The first kappa shape index (κ1) is 23.6. The molecule has 0 aliphatic rings. The van der Waals surface area contributed by atoms with E-state index in [2.05, 4.69) is 30.2 Å². The molecule has 0 amide bonds. The minimum atomic E-state index is -4.34. The molecular weight excluding hydrogens is 324 g/mol. The first-order chi connectivity index (χ1) is 11.5. The molecule has 144 valence electrons. The third-order valence-electron chi connectivity index (χ3n) is 4.24. The van der Waals surface area contributed by atoms with Crippen molar-refractivity contribution in [1.29, 1.82) is 0 Å². The van der Waals surface area contributed by atoms with E-state index >= 15 is 0 Å². The SMILES string of the molecule is CCCCC/C=C/C(CCCCCCCCCC)COS(=O)(=O)O. The molecule has 0 bridgehead atoms. The van der Waals surface area contributed by atoms with E-state index in [4.69, 9.17) is 4.55 Å². The normalized spacial score (nSPS) is 13.6. The standard InChI is InChI=1S/C19H38O4S/c1-3-5-7-9-10-11-13-15-17-19(18-23-24(20,21)22)16-14-12-8-6-4-2/h14,16,19H,3-13,15,17-18H2,1-2H3,(H,20,21,22)/b16-14+. The monoisotopic (exact) mass is 362 g/mol. The summed E-state index contributed by atoms with van der Waals surface area (Å²) in [5, 5.41) is 0. The van der Waals surface area contributed by atoms with E-state index in [1.54, 1.807) is 0 Å². The van der Waals surface area contributed by atoms with Crippen LogP contribution in [0.25, 0.3) is 0 Å². The molecule has 1 atom stereocenters. The van der Waals surface area contributed by atoms with Crippen LogP contribution in [0.3, 0.4) is 0 Å². The summed E-state index contributed by atoms with van der Waals surface area (Å²) in [6.45, 7) is 4.44. The summed E-state index contributed by atoms with van der Waals surface area (Å²) in [5.74, 6) is 0.0636. The van der Waals surface area contributed by atoms with E-state index in [-0.39, 0.29) is 12.5 Å². The van der Waals surface area contributed by atoms with Crippen LogP contribution in [0.15, 0.2) is 12.2 Å². The summed E-state index contributed by atoms with van der Waals surface area (Å²) in [7, 11) is -4.34. The van der Waals surface area contributed by atoms with Crippen LogP contribution in [0.4, 0.5) is 0 Å². The molecule has 5 heteroatoms. The Morgan fingerprint density at radius 2 is 1.42 bits per heavy atom. The molecule has 0 aromatic carbocycles. The average Bonchev–Trinajstić information content (AvgIpc) is 2.53. The lowest BCUT2D eigenvalue weighted by Crippen LogP contribution is -2.12. The third kappa shape index (κ3) is 18.0. The van der Waals surface area contributed by atoms with Gasteiger partial charge in [-0.25, -0.2) is 4.18 Å². The van der Waals surface area contributed by atoms with Crippen LogP contribution in [0, 0.1) is 5.92 Å². The van der Waals surface area contributed by atoms with E-state index in [9.17, 15) is 8.42 Å². The van der Waals surface area contributed by atoms with Crippen molar-refractivity contribution in [1.82, 2.24) is 0 Å². The number of unbranched alkanes of at least 4 members (excludes halogenated alkanes) is 10. The van der Waals surface area contributed by atoms with Crippen molar-refractivity contribution in [3.8, 4) is 0 Å². The van der Waals surface area contributed by atoms with Crippen LogP contribution in [0.2, 0.25) is 0 Å². The maximum Gasteiger partial charge on any atom is 0.397 e. The zero-order valence-corrected chi connectivity index (χ0v) is 16.5. The molecule has 0 saturated carbocycles. The van der Waals surface area contributed by atoms with Gasteiger partial charge in [-0.15, -0.1) is 0 Å². The summed E-state index contributed by atoms with van der Waals surface area (Å²) < 4.78 is 34.8. The second-order valence-corrected chi connectivity index (χ2v) is 7.75. The fourth-order valence-corrected chi connectivity index (χ4v) is 3.10. The Morgan fingerprint density at radius 3 is 2.00 bits per heavy atom. The lowest BCUT2D eigenvalue weighted by Gasteiger charge is -2.12. The molecule has 0 spiro atoms. The minimum absolute atomic E-state index is 0.0413. The molecule has 0 heterocycles. The van der Waals surface area contributed by atoms with E-state index in [1.165, 1.54) is 57.8 Å². The van der Waals surface area contributed by atoms with E-state index in [1.807, 2.05) is 0 Å². The van der Waals surface area contributed by atoms with Crippen molar-refractivity contribution in [2.24, 2.45) is 5.92 Å². The van der Waals surface area contributed by atoms with Crippen LogP contribution in [0.5, 0.6) is 0 Å². The van der Waals surface area contributed by atoms with Gasteiger partial charge in [-0.2, -0.15) is 8.42 Å². The molecule has 0 aromatic heterocycles. The minimum Gasteiger partial charge on any atom is -0.264 e. The fourth-order valence-electron chi connectivity index (χ4n) is 2.75. The van der Waals surface area contributed by atoms with Gasteiger partial charge in [0.1, 0.15) is 0 Å². The molecule has 0 radical (unpaired) electrons. The average molecular weight is 363 g/mol. The Kier molecular flexibility index (Phi) is 15.8. The molecule has 1 unspecified atom stereocenters. The predicted octanol–water partition coefficient (Wildman–Crippen LogP) is 6.09. The molecule has 1 N–H and O–H groups in total. The highest BCUT2D eigenvalue weighted by molar-refractivity contribution is 7.80. The highest BCUT2D eigenvalue weighted by Gasteiger charge is 2.11. The number of rotatable bonds is 17. The molecule has 0 fully saturated rings. The van der Waals surface area contributed by atoms with Gasteiger partial charge in [-0.1, -0.05) is 90.2 Å². The van der Waals surface area contributed by atoms with Gasteiger partial charge in [-0.05, 0) is 19.3 Å². The number of allylic oxidation sites excluding steroid dienone is 1. The first-order valence-electron chi connectivity index (χ1n) is 9.78. The quantitative estimate of drug-likeness (QED) is 0.193. The Morgan fingerprint density at radius 1 is 0.875 bits per heavy atom. The van der Waals surface area contributed by atoms with E-state index < -0.39 is 10.4 Å². The molecule has 0 saturated heterocycles. The lowest BCUT2D eigenvalue weighted by molar-refractivity contribution is 0.234. The summed E-state index contributed by atoms with van der Waals surface area (Å²) in [5.41, 5.74) is 0. The summed E-state index contributed by atoms with van der Waals surface area (Å²) in [6.07, 6.45) is 19.7. The number of hydrogen-bond donors (Lipinski definition) is 1. The zero-order valence-electron chi connectivity index (χ0n) is 15.7. The van der Waals surface area contributed by atoms with Gasteiger partial charge in [0, 0.05) is 5.92 Å². The second-order valence-electron chi connectivity index (χ2n) is 6.66. The highest BCUT2D eigenvalue weighted by Crippen LogP contribution is 2.16. The highest BCUT2D eigenvalue weighted by atomic mass is 32.3. The fraction of sp³-hybridized carbons (Fsp3) is 0.895. The molecular formula is C19H38O4S. The van der Waals surface area contributed by atoms with Crippen LogP contribution in [-0.2, 0) is 14.6 Å². The molecule has 4 nitrogen and oxygen atoms in total. The van der Waals surface area contributed by atoms with Crippen molar-refractivity contribution in [3.05, 3.63) is 12.2 Å². The van der Waals surface area contributed by atoms with Gasteiger partial charge in [0.2, 0.25) is 0 Å². The third-order valence-corrected chi connectivity index (χ3v) is 4.68. The second kappa shape index (κ2) is 16.1. The van der Waals surface area contributed by atoms with Crippen molar-refractivity contribution < 1.29 is 17.2 Å². The Bertz CT molecular complexity index is 390. The molecule has 0 aromatic rings. The molecule has 0 aliphatic heterocycles. The summed E-state index contributed by atoms with van der Waals surface area (Å²) >= 11 is 0. The topological polar surface area (TPSA) is 63.6 Å². The summed E-state index contributed by atoms with van der Waals surface area (Å²) in [6, 6.07) is 0. The molecule has 0 rings (SSSR count). The van der Waals surface area contributed by atoms with Gasteiger partial charge in [0.25, 0.3) is 0 Å². The maximum atomic E-state index is 10.8. The predicted molar refractivity (Wildman–Crippen MR) is 101 cm³/mol. The van der Waals surface area contributed by atoms with Crippen molar-refractivity contribution in [2.75, 3.05) is 6.61 Å². The van der Waals surface area contributed by atoms with Crippen molar-refractivity contribution >= 4 is 10.4 Å².